The molecule has 0 aliphatic carbocycles. The Balaban J connectivity index is 1.36. The van der Waals surface area contributed by atoms with Gasteiger partial charge in [0.1, 0.15) is 0 Å². The number of carbonyl (C=O) groups is 1. The third kappa shape index (κ3) is 1.74. The van der Waals surface area contributed by atoms with Crippen molar-refractivity contribution in [1.82, 2.24) is 15.1 Å². The van der Waals surface area contributed by atoms with E-state index in [0.29, 0.717) is 11.8 Å². The molecule has 2 saturated heterocycles. The van der Waals surface area contributed by atoms with E-state index >= 15 is 0 Å². The summed E-state index contributed by atoms with van der Waals surface area (Å²) < 4.78 is 5.87. The molecule has 2 aromatic heterocycles. The molecule has 5 nitrogen and oxygen atoms in total. The number of thiophene rings is 1. The van der Waals surface area contributed by atoms with E-state index in [9.17, 15) is 4.79 Å². The summed E-state index contributed by atoms with van der Waals surface area (Å²) in [4.78, 5) is 16.6. The van der Waals surface area contributed by atoms with Crippen LogP contribution < -0.4 is 0 Å². The van der Waals surface area contributed by atoms with Gasteiger partial charge in [0.15, 0.2) is 0 Å². The van der Waals surface area contributed by atoms with Crippen molar-refractivity contribution in [3.8, 4) is 10.6 Å². The van der Waals surface area contributed by atoms with Crippen LogP contribution in [-0.2, 0) is 4.74 Å². The lowest BCUT2D eigenvalue weighted by molar-refractivity contribution is 0.0659. The van der Waals surface area contributed by atoms with Crippen molar-refractivity contribution in [2.24, 2.45) is 11.8 Å². The van der Waals surface area contributed by atoms with Crippen LogP contribution in [0.1, 0.15) is 9.67 Å². The highest BCUT2D eigenvalue weighted by Gasteiger charge is 2.51. The molecule has 5 rings (SSSR count). The fourth-order valence-electron chi connectivity index (χ4n) is 3.84. The minimum atomic E-state index is 0.143. The fourth-order valence-corrected chi connectivity index (χ4v) is 4.79. The molecule has 2 bridgehead atoms. The number of rotatable bonds is 2. The molecule has 6 heteroatoms. The van der Waals surface area contributed by atoms with E-state index in [2.05, 4.69) is 22.3 Å². The van der Waals surface area contributed by atoms with E-state index in [1.165, 1.54) is 11.3 Å². The number of hydrogen-bond donors (Lipinski definition) is 1. The van der Waals surface area contributed by atoms with Crippen LogP contribution >= 0.6 is 11.3 Å². The quantitative estimate of drug-likeness (QED) is 0.865. The van der Waals surface area contributed by atoms with Crippen molar-refractivity contribution in [1.29, 1.82) is 0 Å². The van der Waals surface area contributed by atoms with Crippen LogP contribution in [0.2, 0.25) is 0 Å². The van der Waals surface area contributed by atoms with Gasteiger partial charge in [-0.1, -0.05) is 12.2 Å². The molecule has 4 atom stereocenters. The van der Waals surface area contributed by atoms with Crippen LogP contribution in [0.25, 0.3) is 10.6 Å². The van der Waals surface area contributed by atoms with Gasteiger partial charge < -0.3 is 9.64 Å². The number of amides is 1. The van der Waals surface area contributed by atoms with Crippen LogP contribution in [0.15, 0.2) is 36.5 Å². The van der Waals surface area contributed by atoms with Crippen LogP contribution in [-0.4, -0.2) is 46.3 Å². The first-order valence-corrected chi connectivity index (χ1v) is 8.34. The fraction of sp³-hybridized carbons (Fsp3) is 0.375. The molecule has 1 amide bonds. The zero-order valence-electron chi connectivity index (χ0n) is 11.8. The number of nitrogens with zero attached hydrogens (tertiary/aromatic N) is 2. The molecule has 0 spiro atoms. The highest BCUT2D eigenvalue weighted by Crippen LogP contribution is 2.44. The van der Waals surface area contributed by atoms with Crippen LogP contribution in [0.5, 0.6) is 0 Å². The third-order valence-corrected chi connectivity index (χ3v) is 6.04. The van der Waals surface area contributed by atoms with Gasteiger partial charge in [-0.2, -0.15) is 5.10 Å². The van der Waals surface area contributed by atoms with E-state index < -0.39 is 0 Å². The summed E-state index contributed by atoms with van der Waals surface area (Å²) in [7, 11) is 0. The number of fused-ring (bicyclic) bond motifs is 5. The molecule has 112 valence electrons. The molecule has 22 heavy (non-hydrogen) atoms. The maximum Gasteiger partial charge on any atom is 0.263 e. The molecule has 1 N–H and O–H groups in total. The van der Waals surface area contributed by atoms with Gasteiger partial charge in [0.25, 0.3) is 5.91 Å². The Bertz CT molecular complexity index is 731. The van der Waals surface area contributed by atoms with Gasteiger partial charge in [-0.15, -0.1) is 11.3 Å². The Labute approximate surface area is 131 Å². The highest BCUT2D eigenvalue weighted by molar-refractivity contribution is 7.17. The first kappa shape index (κ1) is 12.6. The maximum absolute atomic E-state index is 12.7. The number of carbonyl (C=O) groups excluding carboxylic acids is 1. The molecule has 4 unspecified atom stereocenters. The third-order valence-electron chi connectivity index (χ3n) is 4.93. The van der Waals surface area contributed by atoms with Crippen LogP contribution in [0.4, 0.5) is 0 Å². The SMILES string of the molecule is O=C(c1ccc(-c2ccn[nH]2)s1)N1CC2C3C=CC(O3)C2C1. The van der Waals surface area contributed by atoms with E-state index in [-0.39, 0.29) is 18.1 Å². The summed E-state index contributed by atoms with van der Waals surface area (Å²) in [6.07, 6.45) is 6.47. The van der Waals surface area contributed by atoms with Gasteiger partial charge in [0.05, 0.1) is 27.7 Å². The summed E-state index contributed by atoms with van der Waals surface area (Å²) in [6.45, 7) is 1.62. The van der Waals surface area contributed by atoms with Crippen molar-refractivity contribution < 1.29 is 9.53 Å². The van der Waals surface area contributed by atoms with E-state index in [1.807, 2.05) is 23.1 Å². The van der Waals surface area contributed by atoms with Gasteiger partial charge >= 0.3 is 0 Å². The molecule has 2 aromatic rings. The van der Waals surface area contributed by atoms with Gasteiger partial charge in [-0.25, -0.2) is 0 Å². The van der Waals surface area contributed by atoms with Gasteiger partial charge in [-0.3, -0.25) is 9.89 Å². The normalized spacial score (nSPS) is 31.9. The molecule has 3 aliphatic heterocycles. The van der Waals surface area contributed by atoms with Gasteiger partial charge in [0, 0.05) is 31.1 Å². The first-order chi connectivity index (χ1) is 10.8. The van der Waals surface area contributed by atoms with Crippen LogP contribution in [0, 0.1) is 11.8 Å². The average molecular weight is 313 g/mol. The molecule has 0 radical (unpaired) electrons. The Morgan fingerprint density at radius 1 is 1.23 bits per heavy atom. The molecule has 5 heterocycles. The Morgan fingerprint density at radius 2 is 2.00 bits per heavy atom. The van der Waals surface area contributed by atoms with Crippen molar-refractivity contribution in [3.63, 3.8) is 0 Å². The lowest BCUT2D eigenvalue weighted by Crippen LogP contribution is -2.31. The minimum Gasteiger partial charge on any atom is -0.366 e. The molecule has 2 fully saturated rings. The summed E-state index contributed by atoms with van der Waals surface area (Å²) >= 11 is 1.52. The van der Waals surface area contributed by atoms with Crippen molar-refractivity contribution in [2.45, 2.75) is 12.2 Å². The standard InChI is InChI=1S/C16H15N3O2S/c20-16(15-4-3-14(22-15)11-5-6-17-18-11)19-7-9-10(8-19)13-2-1-12(9)21-13/h1-6,9-10,12-13H,7-8H2,(H,17,18). The molecular weight excluding hydrogens is 298 g/mol. The summed E-state index contributed by atoms with van der Waals surface area (Å²) in [5, 5.41) is 6.90. The Morgan fingerprint density at radius 3 is 2.68 bits per heavy atom. The minimum absolute atomic E-state index is 0.143. The van der Waals surface area contributed by atoms with Crippen molar-refractivity contribution >= 4 is 17.2 Å². The second-order valence-corrected chi connectivity index (χ2v) is 7.21. The number of nitrogens with one attached hydrogen (secondary N) is 1. The summed E-state index contributed by atoms with van der Waals surface area (Å²) in [5.41, 5.74) is 0.956. The molecule has 0 aromatic carbocycles. The Kier molecular flexibility index (Phi) is 2.60. The highest BCUT2D eigenvalue weighted by atomic mass is 32.1. The number of aromatic nitrogens is 2. The van der Waals surface area contributed by atoms with E-state index in [1.54, 1.807) is 6.20 Å². The number of likely N-dealkylation sites (tertiary alicyclic amines) is 1. The average Bonchev–Trinajstić information content (AvgIpc) is 3.35. The van der Waals surface area contributed by atoms with Crippen molar-refractivity contribution in [2.75, 3.05) is 13.1 Å². The lowest BCUT2D eigenvalue weighted by Gasteiger charge is -2.18. The van der Waals surface area contributed by atoms with Gasteiger partial charge in [0.2, 0.25) is 0 Å². The maximum atomic E-state index is 12.7. The number of H-pyrrole nitrogens is 1. The molecular formula is C16H15N3O2S. The van der Waals surface area contributed by atoms with Gasteiger partial charge in [-0.05, 0) is 18.2 Å². The van der Waals surface area contributed by atoms with E-state index in [0.717, 1.165) is 28.5 Å². The first-order valence-electron chi connectivity index (χ1n) is 7.52. The Hall–Kier alpha value is -1.92. The molecule has 3 aliphatic rings. The lowest BCUT2D eigenvalue weighted by atomic mass is 9.86. The zero-order chi connectivity index (χ0) is 14.7. The topological polar surface area (TPSA) is 58.2 Å². The predicted octanol–water partition coefficient (Wildman–Crippen LogP) is 2.16. The van der Waals surface area contributed by atoms with E-state index in [4.69, 9.17) is 4.74 Å². The number of hydrogen-bond acceptors (Lipinski definition) is 4. The zero-order valence-corrected chi connectivity index (χ0v) is 12.6. The number of ether oxygens (including phenoxy) is 1. The monoisotopic (exact) mass is 313 g/mol. The second-order valence-electron chi connectivity index (χ2n) is 6.12. The van der Waals surface area contributed by atoms with Crippen molar-refractivity contribution in [3.05, 3.63) is 41.4 Å². The molecule has 0 saturated carbocycles. The number of aromatic amines is 1. The largest absolute Gasteiger partial charge is 0.366 e. The van der Waals surface area contributed by atoms with Crippen LogP contribution in [0.3, 0.4) is 0 Å². The summed E-state index contributed by atoms with van der Waals surface area (Å²) in [6, 6.07) is 5.82. The smallest absolute Gasteiger partial charge is 0.263 e. The predicted molar refractivity (Wildman–Crippen MR) is 82.6 cm³/mol. The summed E-state index contributed by atoms with van der Waals surface area (Å²) in [5.74, 6) is 1.10. The second kappa shape index (κ2) is 4.54.